The summed E-state index contributed by atoms with van der Waals surface area (Å²) in [5.74, 6) is 1.32. The van der Waals surface area contributed by atoms with Gasteiger partial charge in [-0.15, -0.1) is 12.4 Å². The van der Waals surface area contributed by atoms with E-state index in [1.54, 1.807) is 11.0 Å². The first kappa shape index (κ1) is 19.8. The maximum absolute atomic E-state index is 12.4. The molecule has 0 saturated carbocycles. The Hall–Kier alpha value is -1.53. The lowest BCUT2D eigenvalue weighted by atomic mass is 9.95. The standard InChI is InChI=1S/C18H27N3O3.ClH/c1-2-15-5-6-16(24-15)18(23)21-10-7-13(8-11-21)17(22)20-14-4-3-9-19-12-14;/h5-6,13-14,19H,2-4,7-12H2,1H3,(H,20,22);1H/t14-;/m0./s1. The second-order valence-electron chi connectivity index (χ2n) is 6.74. The van der Waals surface area contributed by atoms with Gasteiger partial charge in [-0.25, -0.2) is 0 Å². The Labute approximate surface area is 155 Å². The van der Waals surface area contributed by atoms with Crippen LogP contribution in [0.4, 0.5) is 0 Å². The summed E-state index contributed by atoms with van der Waals surface area (Å²) >= 11 is 0. The first-order chi connectivity index (χ1) is 11.7. The van der Waals surface area contributed by atoms with E-state index in [0.29, 0.717) is 18.8 Å². The van der Waals surface area contributed by atoms with Gasteiger partial charge >= 0.3 is 0 Å². The molecule has 0 aromatic carbocycles. The fraction of sp³-hybridized carbons (Fsp3) is 0.667. The van der Waals surface area contributed by atoms with Crippen LogP contribution in [-0.4, -0.2) is 48.9 Å². The molecule has 6 nitrogen and oxygen atoms in total. The van der Waals surface area contributed by atoms with Crippen LogP contribution in [0.25, 0.3) is 0 Å². The number of hydrogen-bond acceptors (Lipinski definition) is 4. The number of halogens is 1. The minimum absolute atomic E-state index is 0. The number of carbonyl (C=O) groups is 2. The van der Waals surface area contributed by atoms with E-state index in [-0.39, 0.29) is 36.2 Å². The highest BCUT2D eigenvalue weighted by molar-refractivity contribution is 5.91. The second kappa shape index (κ2) is 9.25. The van der Waals surface area contributed by atoms with E-state index in [0.717, 1.165) is 51.0 Å². The number of nitrogens with one attached hydrogen (secondary N) is 2. The zero-order chi connectivity index (χ0) is 16.9. The fourth-order valence-electron chi connectivity index (χ4n) is 3.48. The predicted octanol–water partition coefficient (Wildman–Crippen LogP) is 1.98. The lowest BCUT2D eigenvalue weighted by Crippen LogP contribution is -2.49. The Bertz CT molecular complexity index is 576. The summed E-state index contributed by atoms with van der Waals surface area (Å²) in [5.41, 5.74) is 0. The third kappa shape index (κ3) is 4.98. The molecule has 140 valence electrons. The van der Waals surface area contributed by atoms with Gasteiger partial charge in [0.05, 0.1) is 0 Å². The third-order valence-corrected chi connectivity index (χ3v) is 5.02. The van der Waals surface area contributed by atoms with Gasteiger partial charge in [0.1, 0.15) is 5.76 Å². The lowest BCUT2D eigenvalue weighted by Gasteiger charge is -2.32. The van der Waals surface area contributed by atoms with Crippen molar-refractivity contribution in [1.29, 1.82) is 0 Å². The molecular weight excluding hydrogens is 342 g/mol. The van der Waals surface area contributed by atoms with Crippen LogP contribution in [0.15, 0.2) is 16.5 Å². The molecule has 2 aliphatic heterocycles. The monoisotopic (exact) mass is 369 g/mol. The van der Waals surface area contributed by atoms with E-state index >= 15 is 0 Å². The van der Waals surface area contributed by atoms with Crippen molar-refractivity contribution in [3.8, 4) is 0 Å². The van der Waals surface area contributed by atoms with Crippen molar-refractivity contribution in [1.82, 2.24) is 15.5 Å². The van der Waals surface area contributed by atoms with Gasteiger partial charge in [0.15, 0.2) is 5.76 Å². The van der Waals surface area contributed by atoms with Crippen LogP contribution < -0.4 is 10.6 Å². The molecule has 2 aliphatic rings. The second-order valence-corrected chi connectivity index (χ2v) is 6.74. The van der Waals surface area contributed by atoms with Crippen LogP contribution in [0, 0.1) is 5.92 Å². The van der Waals surface area contributed by atoms with E-state index in [2.05, 4.69) is 10.6 Å². The van der Waals surface area contributed by atoms with Crippen LogP contribution in [-0.2, 0) is 11.2 Å². The Morgan fingerprint density at radius 3 is 2.64 bits per heavy atom. The summed E-state index contributed by atoms with van der Waals surface area (Å²) in [5, 5.41) is 6.46. The van der Waals surface area contributed by atoms with Gasteiger partial charge in [-0.3, -0.25) is 9.59 Å². The van der Waals surface area contributed by atoms with E-state index in [4.69, 9.17) is 4.42 Å². The van der Waals surface area contributed by atoms with Crippen molar-refractivity contribution in [2.75, 3.05) is 26.2 Å². The van der Waals surface area contributed by atoms with Crippen LogP contribution in [0.3, 0.4) is 0 Å². The molecule has 2 fully saturated rings. The van der Waals surface area contributed by atoms with Gasteiger partial charge in [-0.2, -0.15) is 0 Å². The maximum Gasteiger partial charge on any atom is 0.289 e. The van der Waals surface area contributed by atoms with Gasteiger partial charge in [0.25, 0.3) is 5.91 Å². The first-order valence-electron chi connectivity index (χ1n) is 9.06. The lowest BCUT2D eigenvalue weighted by molar-refractivity contribution is -0.127. The van der Waals surface area contributed by atoms with Gasteiger partial charge < -0.3 is 20.0 Å². The molecule has 0 spiro atoms. The molecule has 3 rings (SSSR count). The molecule has 0 unspecified atom stereocenters. The number of carbonyl (C=O) groups excluding carboxylic acids is 2. The summed E-state index contributed by atoms with van der Waals surface area (Å²) in [7, 11) is 0. The van der Waals surface area contributed by atoms with Crippen LogP contribution in [0.2, 0.25) is 0 Å². The molecular formula is C18H28ClN3O3. The highest BCUT2D eigenvalue weighted by atomic mass is 35.5. The van der Waals surface area contributed by atoms with Gasteiger partial charge in [0.2, 0.25) is 5.91 Å². The van der Waals surface area contributed by atoms with Crippen molar-refractivity contribution in [2.45, 2.75) is 45.1 Å². The molecule has 0 radical (unpaired) electrons. The normalized spacial score (nSPS) is 21.5. The van der Waals surface area contributed by atoms with Crippen molar-refractivity contribution in [2.24, 2.45) is 5.92 Å². The predicted molar refractivity (Wildman–Crippen MR) is 98.0 cm³/mol. The maximum atomic E-state index is 12.4. The van der Waals surface area contributed by atoms with Gasteiger partial charge in [0, 0.05) is 38.0 Å². The summed E-state index contributed by atoms with van der Waals surface area (Å²) in [6.45, 7) is 5.13. The van der Waals surface area contributed by atoms with Crippen LogP contribution in [0.1, 0.15) is 48.9 Å². The van der Waals surface area contributed by atoms with Gasteiger partial charge in [-0.05, 0) is 44.4 Å². The van der Waals surface area contributed by atoms with E-state index < -0.39 is 0 Å². The molecule has 3 heterocycles. The number of amides is 2. The summed E-state index contributed by atoms with van der Waals surface area (Å²) in [4.78, 5) is 26.6. The molecule has 25 heavy (non-hydrogen) atoms. The van der Waals surface area contributed by atoms with Crippen LogP contribution in [0.5, 0.6) is 0 Å². The third-order valence-electron chi connectivity index (χ3n) is 5.02. The molecule has 0 aliphatic carbocycles. The Morgan fingerprint density at radius 1 is 1.28 bits per heavy atom. The minimum Gasteiger partial charge on any atom is -0.456 e. The van der Waals surface area contributed by atoms with Gasteiger partial charge in [-0.1, -0.05) is 6.92 Å². The molecule has 1 aromatic rings. The van der Waals surface area contributed by atoms with Crippen molar-refractivity contribution < 1.29 is 14.0 Å². The number of hydrogen-bond donors (Lipinski definition) is 2. The molecule has 1 atom stereocenters. The van der Waals surface area contributed by atoms with Crippen LogP contribution >= 0.6 is 12.4 Å². The molecule has 2 saturated heterocycles. The average Bonchev–Trinajstić information content (AvgIpc) is 3.11. The first-order valence-corrected chi connectivity index (χ1v) is 9.06. The molecule has 7 heteroatoms. The average molecular weight is 370 g/mol. The summed E-state index contributed by atoms with van der Waals surface area (Å²) in [6.07, 6.45) is 4.39. The van der Waals surface area contributed by atoms with Crippen molar-refractivity contribution >= 4 is 24.2 Å². The molecule has 2 N–H and O–H groups in total. The fourth-order valence-corrected chi connectivity index (χ4v) is 3.48. The number of likely N-dealkylation sites (tertiary alicyclic amines) is 1. The Kier molecular flexibility index (Phi) is 7.32. The number of piperidine rings is 2. The number of nitrogens with zero attached hydrogens (tertiary/aromatic N) is 1. The van der Waals surface area contributed by atoms with E-state index in [1.165, 1.54) is 0 Å². The number of aryl methyl sites for hydroxylation is 1. The zero-order valence-electron chi connectivity index (χ0n) is 14.8. The quantitative estimate of drug-likeness (QED) is 0.851. The number of furan rings is 1. The highest BCUT2D eigenvalue weighted by Gasteiger charge is 2.30. The summed E-state index contributed by atoms with van der Waals surface area (Å²) in [6, 6.07) is 3.85. The molecule has 0 bridgehead atoms. The summed E-state index contributed by atoms with van der Waals surface area (Å²) < 4.78 is 5.55. The number of rotatable bonds is 4. The van der Waals surface area contributed by atoms with Crippen molar-refractivity contribution in [3.63, 3.8) is 0 Å². The highest BCUT2D eigenvalue weighted by Crippen LogP contribution is 2.21. The SMILES string of the molecule is CCc1ccc(C(=O)N2CCC(C(=O)N[C@H]3CCCNC3)CC2)o1.Cl. The van der Waals surface area contributed by atoms with E-state index in [1.807, 2.05) is 13.0 Å². The minimum atomic E-state index is -0.0648. The zero-order valence-corrected chi connectivity index (χ0v) is 15.6. The Morgan fingerprint density at radius 2 is 2.04 bits per heavy atom. The van der Waals surface area contributed by atoms with Crippen molar-refractivity contribution in [3.05, 3.63) is 23.7 Å². The molecule has 2 amide bonds. The van der Waals surface area contributed by atoms with E-state index in [9.17, 15) is 9.59 Å². The molecule has 1 aromatic heterocycles. The topological polar surface area (TPSA) is 74.6 Å². The largest absolute Gasteiger partial charge is 0.456 e. The Balaban J connectivity index is 0.00000225. The smallest absolute Gasteiger partial charge is 0.289 e.